The van der Waals surface area contributed by atoms with Crippen LogP contribution in [0.2, 0.25) is 0 Å². The summed E-state index contributed by atoms with van der Waals surface area (Å²) < 4.78 is 1.70. The van der Waals surface area contributed by atoms with Crippen LogP contribution >= 0.6 is 0 Å². The summed E-state index contributed by atoms with van der Waals surface area (Å²) in [6.07, 6.45) is 0. The van der Waals surface area contributed by atoms with Crippen molar-refractivity contribution in [2.45, 2.75) is 27.7 Å². The molecule has 3 aromatic rings. The quantitative estimate of drug-likeness (QED) is 0.652. The number of nitrogens with one attached hydrogen (secondary N) is 1. The Hall–Kier alpha value is -3.52. The topological polar surface area (TPSA) is 83.4 Å². The Kier molecular flexibility index (Phi) is 6.55. The van der Waals surface area contributed by atoms with Gasteiger partial charge in [-0.2, -0.15) is 0 Å². The van der Waals surface area contributed by atoms with Crippen molar-refractivity contribution in [2.75, 3.05) is 38.0 Å². The predicted molar refractivity (Wildman–Crippen MR) is 128 cm³/mol. The fourth-order valence-electron chi connectivity index (χ4n) is 4.11. The number of aryl methyl sites for hydroxylation is 3. The van der Waals surface area contributed by atoms with Gasteiger partial charge in [0, 0.05) is 31.9 Å². The number of para-hydroxylation sites is 1. The summed E-state index contributed by atoms with van der Waals surface area (Å²) in [4.78, 5) is 29.5. The summed E-state index contributed by atoms with van der Waals surface area (Å²) >= 11 is 0. The zero-order chi connectivity index (χ0) is 23.5. The first kappa shape index (κ1) is 22.7. The van der Waals surface area contributed by atoms with Crippen LogP contribution in [0.25, 0.3) is 5.69 Å². The average Bonchev–Trinajstić information content (AvgIpc) is 3.18. The second kappa shape index (κ2) is 9.54. The van der Waals surface area contributed by atoms with Crippen LogP contribution in [0.4, 0.5) is 5.69 Å². The van der Waals surface area contributed by atoms with Gasteiger partial charge >= 0.3 is 0 Å². The van der Waals surface area contributed by atoms with E-state index in [9.17, 15) is 9.59 Å². The van der Waals surface area contributed by atoms with E-state index in [2.05, 4.69) is 20.5 Å². The number of amides is 2. The first-order valence-corrected chi connectivity index (χ1v) is 11.2. The number of piperazine rings is 1. The molecule has 1 N–H and O–H groups in total. The molecule has 1 aromatic heterocycles. The SMILES string of the molecule is Cc1ccc(-n2nnc(C(=O)N3CCN(CC(=O)Nc4c(C)cccc4C)CC3)c2C)cc1. The first-order chi connectivity index (χ1) is 15.8. The standard InChI is InChI=1S/C25H30N6O2/c1-17-8-10-21(11-9-17)31-20(4)24(27-28-31)25(33)30-14-12-29(13-15-30)16-22(32)26-23-18(2)6-5-7-19(23)3/h5-11H,12-16H2,1-4H3,(H,26,32). The van der Waals surface area contributed by atoms with Crippen molar-refractivity contribution in [1.29, 1.82) is 0 Å². The third kappa shape index (κ3) is 4.96. The molecule has 1 saturated heterocycles. The first-order valence-electron chi connectivity index (χ1n) is 11.2. The third-order valence-electron chi connectivity index (χ3n) is 6.15. The highest BCUT2D eigenvalue weighted by molar-refractivity contribution is 5.94. The zero-order valence-electron chi connectivity index (χ0n) is 19.6. The maximum atomic E-state index is 13.1. The van der Waals surface area contributed by atoms with Gasteiger partial charge in [0.2, 0.25) is 5.91 Å². The Morgan fingerprint density at radius 3 is 2.18 bits per heavy atom. The van der Waals surface area contributed by atoms with Crippen LogP contribution in [-0.2, 0) is 4.79 Å². The van der Waals surface area contributed by atoms with Crippen molar-refractivity contribution in [3.05, 3.63) is 70.5 Å². The average molecular weight is 447 g/mol. The van der Waals surface area contributed by atoms with Crippen LogP contribution in [-0.4, -0.2) is 69.3 Å². The van der Waals surface area contributed by atoms with Crippen molar-refractivity contribution < 1.29 is 9.59 Å². The molecule has 0 radical (unpaired) electrons. The van der Waals surface area contributed by atoms with Crippen LogP contribution in [0.1, 0.15) is 32.9 Å². The summed E-state index contributed by atoms with van der Waals surface area (Å²) in [5.74, 6) is -0.158. The van der Waals surface area contributed by atoms with Crippen LogP contribution in [0.5, 0.6) is 0 Å². The van der Waals surface area contributed by atoms with E-state index in [1.54, 1.807) is 9.58 Å². The summed E-state index contributed by atoms with van der Waals surface area (Å²) in [5, 5.41) is 11.4. The number of hydrogen-bond acceptors (Lipinski definition) is 5. The number of aromatic nitrogens is 3. The summed E-state index contributed by atoms with van der Waals surface area (Å²) in [7, 11) is 0. The number of benzene rings is 2. The van der Waals surface area contributed by atoms with Crippen LogP contribution in [0, 0.1) is 27.7 Å². The van der Waals surface area contributed by atoms with Crippen molar-refractivity contribution >= 4 is 17.5 Å². The molecule has 172 valence electrons. The molecule has 8 heteroatoms. The van der Waals surface area contributed by atoms with E-state index in [0.717, 1.165) is 33.8 Å². The summed E-state index contributed by atoms with van der Waals surface area (Å²) in [6.45, 7) is 10.5. The number of rotatable bonds is 5. The van der Waals surface area contributed by atoms with Crippen molar-refractivity contribution in [3.8, 4) is 5.69 Å². The van der Waals surface area contributed by atoms with E-state index in [1.807, 2.05) is 70.2 Å². The van der Waals surface area contributed by atoms with Gasteiger partial charge in [0.1, 0.15) is 0 Å². The van der Waals surface area contributed by atoms with E-state index < -0.39 is 0 Å². The molecule has 0 unspecified atom stereocenters. The highest BCUT2D eigenvalue weighted by Crippen LogP contribution is 2.20. The lowest BCUT2D eigenvalue weighted by molar-refractivity contribution is -0.117. The van der Waals surface area contributed by atoms with Crippen LogP contribution in [0.3, 0.4) is 0 Å². The molecule has 2 heterocycles. The molecule has 0 atom stereocenters. The van der Waals surface area contributed by atoms with Gasteiger partial charge in [-0.05, 0) is 51.0 Å². The van der Waals surface area contributed by atoms with Gasteiger partial charge in [0.25, 0.3) is 5.91 Å². The van der Waals surface area contributed by atoms with Crippen molar-refractivity contribution in [2.24, 2.45) is 0 Å². The van der Waals surface area contributed by atoms with Gasteiger partial charge in [-0.15, -0.1) is 5.10 Å². The summed E-state index contributed by atoms with van der Waals surface area (Å²) in [5.41, 5.74) is 6.11. The highest BCUT2D eigenvalue weighted by Gasteiger charge is 2.27. The molecular weight excluding hydrogens is 416 g/mol. The lowest BCUT2D eigenvalue weighted by Crippen LogP contribution is -2.50. The molecule has 0 saturated carbocycles. The second-order valence-corrected chi connectivity index (χ2v) is 8.65. The predicted octanol–water partition coefficient (Wildman–Crippen LogP) is 2.90. The minimum atomic E-state index is -0.120. The van der Waals surface area contributed by atoms with Gasteiger partial charge < -0.3 is 10.2 Å². The monoisotopic (exact) mass is 446 g/mol. The molecule has 0 spiro atoms. The molecule has 4 rings (SSSR count). The fourth-order valence-corrected chi connectivity index (χ4v) is 4.11. The lowest BCUT2D eigenvalue weighted by Gasteiger charge is -2.34. The van der Waals surface area contributed by atoms with Crippen LogP contribution in [0.15, 0.2) is 42.5 Å². The molecule has 1 aliphatic rings. The number of nitrogens with zero attached hydrogens (tertiary/aromatic N) is 5. The third-order valence-corrected chi connectivity index (χ3v) is 6.15. The Labute approximate surface area is 194 Å². The molecule has 33 heavy (non-hydrogen) atoms. The Balaban J connectivity index is 1.34. The number of carbonyl (C=O) groups is 2. The molecule has 8 nitrogen and oxygen atoms in total. The summed E-state index contributed by atoms with van der Waals surface area (Å²) in [6, 6.07) is 13.9. The fraction of sp³-hybridized carbons (Fsp3) is 0.360. The van der Waals surface area contributed by atoms with Crippen molar-refractivity contribution in [3.63, 3.8) is 0 Å². The van der Waals surface area contributed by atoms with E-state index in [4.69, 9.17) is 0 Å². The largest absolute Gasteiger partial charge is 0.335 e. The van der Waals surface area contributed by atoms with E-state index in [0.29, 0.717) is 38.4 Å². The minimum absolute atomic E-state index is 0.0379. The van der Waals surface area contributed by atoms with Gasteiger partial charge in [0.15, 0.2) is 5.69 Å². The molecule has 1 aliphatic heterocycles. The van der Waals surface area contributed by atoms with Gasteiger partial charge in [-0.25, -0.2) is 4.68 Å². The van der Waals surface area contributed by atoms with Crippen molar-refractivity contribution in [1.82, 2.24) is 24.8 Å². The zero-order valence-corrected chi connectivity index (χ0v) is 19.6. The Bertz CT molecular complexity index is 1140. The molecular formula is C25H30N6O2. The normalized spacial score (nSPS) is 14.4. The second-order valence-electron chi connectivity index (χ2n) is 8.65. The van der Waals surface area contributed by atoms with Gasteiger partial charge in [-0.1, -0.05) is 41.1 Å². The minimum Gasteiger partial charge on any atom is -0.335 e. The van der Waals surface area contributed by atoms with E-state index >= 15 is 0 Å². The molecule has 0 bridgehead atoms. The van der Waals surface area contributed by atoms with E-state index in [1.165, 1.54) is 0 Å². The molecule has 2 amide bonds. The number of anilines is 1. The van der Waals surface area contributed by atoms with Crippen LogP contribution < -0.4 is 5.32 Å². The van der Waals surface area contributed by atoms with Gasteiger partial charge in [-0.3, -0.25) is 14.5 Å². The highest BCUT2D eigenvalue weighted by atomic mass is 16.2. The smallest absolute Gasteiger partial charge is 0.276 e. The molecule has 1 fully saturated rings. The number of carbonyl (C=O) groups excluding carboxylic acids is 2. The Morgan fingerprint density at radius 1 is 0.909 bits per heavy atom. The maximum Gasteiger partial charge on any atom is 0.276 e. The lowest BCUT2D eigenvalue weighted by atomic mass is 10.1. The molecule has 2 aromatic carbocycles. The van der Waals surface area contributed by atoms with Gasteiger partial charge in [0.05, 0.1) is 17.9 Å². The molecule has 0 aliphatic carbocycles. The Morgan fingerprint density at radius 2 is 1.55 bits per heavy atom. The van der Waals surface area contributed by atoms with E-state index in [-0.39, 0.29) is 11.8 Å². The maximum absolute atomic E-state index is 13.1. The number of hydrogen-bond donors (Lipinski definition) is 1.